The maximum atomic E-state index is 11.5. The highest BCUT2D eigenvalue weighted by molar-refractivity contribution is 5.37. The second-order valence-corrected chi connectivity index (χ2v) is 3.68. The van der Waals surface area contributed by atoms with Crippen LogP contribution in [0.15, 0.2) is 47.4 Å². The number of aliphatic hydroxyl groups is 1. The van der Waals surface area contributed by atoms with E-state index in [0.717, 1.165) is 11.1 Å². The van der Waals surface area contributed by atoms with Crippen molar-refractivity contribution in [3.8, 4) is 11.8 Å². The van der Waals surface area contributed by atoms with Gasteiger partial charge in [0.05, 0.1) is 6.54 Å². The van der Waals surface area contributed by atoms with Crippen LogP contribution in [-0.2, 0) is 6.54 Å². The molecule has 0 aliphatic rings. The lowest BCUT2D eigenvalue weighted by Gasteiger charge is -2.04. The number of hydrogen-bond donors (Lipinski definition) is 1. The number of rotatable bonds is 2. The maximum Gasteiger partial charge on any atom is 0.267 e. The molecule has 0 aliphatic carbocycles. The molecule has 1 heterocycles. The summed E-state index contributed by atoms with van der Waals surface area (Å²) in [5.74, 6) is 5.42. The van der Waals surface area contributed by atoms with E-state index in [-0.39, 0.29) is 12.2 Å². The molecule has 0 fully saturated rings. The van der Waals surface area contributed by atoms with Crippen molar-refractivity contribution in [3.63, 3.8) is 0 Å². The molecule has 1 aromatic carbocycles. The first-order valence-electron chi connectivity index (χ1n) is 5.50. The highest BCUT2D eigenvalue weighted by Crippen LogP contribution is 2.04. The minimum atomic E-state index is -0.163. The van der Waals surface area contributed by atoms with E-state index in [2.05, 4.69) is 16.9 Å². The van der Waals surface area contributed by atoms with Gasteiger partial charge in [-0.05, 0) is 23.8 Å². The molecule has 4 nitrogen and oxygen atoms in total. The van der Waals surface area contributed by atoms with Crippen LogP contribution in [0.4, 0.5) is 0 Å². The summed E-state index contributed by atoms with van der Waals surface area (Å²) in [7, 11) is 0. The zero-order valence-corrected chi connectivity index (χ0v) is 9.71. The van der Waals surface area contributed by atoms with Crippen molar-refractivity contribution >= 4 is 0 Å². The van der Waals surface area contributed by atoms with Crippen LogP contribution in [0.2, 0.25) is 0 Å². The number of benzene rings is 1. The average molecular weight is 240 g/mol. The fourth-order valence-electron chi connectivity index (χ4n) is 1.57. The predicted molar refractivity (Wildman–Crippen MR) is 68.0 cm³/mol. The summed E-state index contributed by atoms with van der Waals surface area (Å²) in [4.78, 5) is 11.5. The summed E-state index contributed by atoms with van der Waals surface area (Å²) >= 11 is 0. The largest absolute Gasteiger partial charge is 0.384 e. The van der Waals surface area contributed by atoms with Crippen molar-refractivity contribution in [3.05, 3.63) is 64.1 Å². The van der Waals surface area contributed by atoms with Crippen LogP contribution in [0.5, 0.6) is 0 Å². The molecule has 1 aromatic heterocycles. The van der Waals surface area contributed by atoms with Gasteiger partial charge in [-0.25, -0.2) is 4.68 Å². The van der Waals surface area contributed by atoms with Gasteiger partial charge in [-0.1, -0.05) is 24.0 Å². The van der Waals surface area contributed by atoms with Crippen LogP contribution in [0.3, 0.4) is 0 Å². The molecule has 18 heavy (non-hydrogen) atoms. The van der Waals surface area contributed by atoms with Gasteiger partial charge in [0.25, 0.3) is 5.56 Å². The Labute approximate surface area is 105 Å². The first kappa shape index (κ1) is 12.1. The summed E-state index contributed by atoms with van der Waals surface area (Å²) in [5.41, 5.74) is 1.62. The Morgan fingerprint density at radius 2 is 2.17 bits per heavy atom. The monoisotopic (exact) mass is 240 g/mol. The third kappa shape index (κ3) is 3.06. The van der Waals surface area contributed by atoms with Crippen molar-refractivity contribution in [1.82, 2.24) is 9.78 Å². The van der Waals surface area contributed by atoms with Gasteiger partial charge in [0.2, 0.25) is 0 Å². The Kier molecular flexibility index (Phi) is 3.90. The van der Waals surface area contributed by atoms with Crippen LogP contribution >= 0.6 is 0 Å². The minimum Gasteiger partial charge on any atom is -0.384 e. The van der Waals surface area contributed by atoms with Gasteiger partial charge in [0, 0.05) is 17.8 Å². The van der Waals surface area contributed by atoms with Crippen LogP contribution in [0.1, 0.15) is 11.1 Å². The maximum absolute atomic E-state index is 11.5. The second kappa shape index (κ2) is 5.80. The lowest BCUT2D eigenvalue weighted by atomic mass is 10.1. The fraction of sp³-hybridized carbons (Fsp3) is 0.143. The summed E-state index contributed by atoms with van der Waals surface area (Å²) in [6, 6.07) is 10.6. The summed E-state index contributed by atoms with van der Waals surface area (Å²) in [5, 5.41) is 12.6. The normalized spacial score (nSPS) is 9.61. The van der Waals surface area contributed by atoms with Crippen LogP contribution in [0.25, 0.3) is 0 Å². The van der Waals surface area contributed by atoms with Crippen molar-refractivity contribution in [2.75, 3.05) is 6.61 Å². The molecular weight excluding hydrogens is 228 g/mol. The SMILES string of the molecule is O=c1cccnn1Cc1cccc(C#CCO)c1. The fourth-order valence-corrected chi connectivity index (χ4v) is 1.57. The first-order chi connectivity index (χ1) is 8.79. The zero-order chi connectivity index (χ0) is 12.8. The Bertz CT molecular complexity index is 650. The first-order valence-corrected chi connectivity index (χ1v) is 5.50. The quantitative estimate of drug-likeness (QED) is 0.783. The standard InChI is InChI=1S/C14H12N2O2/c17-9-3-6-12-4-1-5-13(10-12)11-16-14(18)7-2-8-15-16/h1-2,4-5,7-8,10,17H,9,11H2. The summed E-state index contributed by atoms with van der Waals surface area (Å²) in [6.45, 7) is 0.248. The van der Waals surface area contributed by atoms with E-state index < -0.39 is 0 Å². The van der Waals surface area contributed by atoms with Gasteiger partial charge >= 0.3 is 0 Å². The summed E-state index contributed by atoms with van der Waals surface area (Å²) in [6.07, 6.45) is 1.58. The second-order valence-electron chi connectivity index (χ2n) is 3.68. The van der Waals surface area contributed by atoms with Crippen LogP contribution < -0.4 is 5.56 Å². The van der Waals surface area contributed by atoms with E-state index >= 15 is 0 Å². The molecule has 0 saturated carbocycles. The van der Waals surface area contributed by atoms with Crippen molar-refractivity contribution in [1.29, 1.82) is 0 Å². The molecule has 1 N–H and O–H groups in total. The van der Waals surface area contributed by atoms with Gasteiger partial charge in [-0.2, -0.15) is 5.10 Å². The topological polar surface area (TPSA) is 55.1 Å². The molecule has 2 rings (SSSR count). The van der Waals surface area contributed by atoms with E-state index in [1.165, 1.54) is 10.7 Å². The smallest absolute Gasteiger partial charge is 0.267 e. The Morgan fingerprint density at radius 1 is 1.28 bits per heavy atom. The van der Waals surface area contributed by atoms with Gasteiger partial charge in [0.1, 0.15) is 6.61 Å². The van der Waals surface area contributed by atoms with Gasteiger partial charge < -0.3 is 5.11 Å². The van der Waals surface area contributed by atoms with Crippen molar-refractivity contribution < 1.29 is 5.11 Å². The average Bonchev–Trinajstić information content (AvgIpc) is 2.40. The molecule has 4 heteroatoms. The number of nitrogens with zero attached hydrogens (tertiary/aromatic N) is 2. The molecule has 0 aliphatic heterocycles. The van der Waals surface area contributed by atoms with Crippen molar-refractivity contribution in [2.45, 2.75) is 6.54 Å². The third-order valence-electron chi connectivity index (χ3n) is 2.36. The molecule has 0 amide bonds. The minimum absolute atomic E-state index is 0.135. The van der Waals surface area contributed by atoms with Gasteiger partial charge in [-0.3, -0.25) is 4.79 Å². The number of hydrogen-bond acceptors (Lipinski definition) is 3. The van der Waals surface area contributed by atoms with E-state index in [4.69, 9.17) is 5.11 Å². The van der Waals surface area contributed by atoms with Gasteiger partial charge in [0.15, 0.2) is 0 Å². The Balaban J connectivity index is 2.25. The van der Waals surface area contributed by atoms with Crippen LogP contribution in [0, 0.1) is 11.8 Å². The molecule has 2 aromatic rings. The molecule has 90 valence electrons. The zero-order valence-electron chi connectivity index (χ0n) is 9.71. The lowest BCUT2D eigenvalue weighted by molar-refractivity contribution is 0.350. The molecule has 0 unspecified atom stereocenters. The Morgan fingerprint density at radius 3 is 2.94 bits per heavy atom. The lowest BCUT2D eigenvalue weighted by Crippen LogP contribution is -2.21. The molecular formula is C14H12N2O2. The van der Waals surface area contributed by atoms with E-state index in [1.54, 1.807) is 12.3 Å². The van der Waals surface area contributed by atoms with Crippen LogP contribution in [-0.4, -0.2) is 21.5 Å². The highest BCUT2D eigenvalue weighted by Gasteiger charge is 1.98. The van der Waals surface area contributed by atoms with E-state index in [1.807, 2.05) is 24.3 Å². The van der Waals surface area contributed by atoms with Gasteiger partial charge in [-0.15, -0.1) is 0 Å². The molecule has 0 spiro atoms. The molecule has 0 saturated heterocycles. The van der Waals surface area contributed by atoms with E-state index in [9.17, 15) is 4.79 Å². The van der Waals surface area contributed by atoms with E-state index in [0.29, 0.717) is 6.54 Å². The summed E-state index contributed by atoms with van der Waals surface area (Å²) < 4.78 is 1.39. The molecule has 0 atom stereocenters. The van der Waals surface area contributed by atoms with Crippen molar-refractivity contribution in [2.24, 2.45) is 0 Å². The number of aliphatic hydroxyl groups excluding tert-OH is 1. The molecule has 0 radical (unpaired) electrons. The number of aromatic nitrogens is 2. The Hall–Kier alpha value is -2.38. The highest BCUT2D eigenvalue weighted by atomic mass is 16.2. The third-order valence-corrected chi connectivity index (χ3v) is 2.36. The molecule has 0 bridgehead atoms. The predicted octanol–water partition coefficient (Wildman–Crippen LogP) is 0.635.